The van der Waals surface area contributed by atoms with Crippen molar-refractivity contribution in [3.8, 4) is 11.8 Å². The number of nitriles is 1. The first-order valence-corrected chi connectivity index (χ1v) is 6.71. The van der Waals surface area contributed by atoms with E-state index in [-0.39, 0.29) is 0 Å². The number of rotatable bonds is 5. The molecule has 1 amide bonds. The van der Waals surface area contributed by atoms with Crippen molar-refractivity contribution in [3.63, 3.8) is 0 Å². The summed E-state index contributed by atoms with van der Waals surface area (Å²) in [5.41, 5.74) is 7.05. The van der Waals surface area contributed by atoms with E-state index in [0.717, 1.165) is 10.6 Å². The molecular formula is C14H13N3O2S. The number of carbonyl (C=O) groups is 1. The number of anilines is 1. The minimum Gasteiger partial charge on any atom is -0.495 e. The predicted octanol–water partition coefficient (Wildman–Crippen LogP) is 2.34. The van der Waals surface area contributed by atoms with Gasteiger partial charge in [0.25, 0.3) is 0 Å². The molecule has 0 spiro atoms. The molecule has 0 aliphatic rings. The van der Waals surface area contributed by atoms with Gasteiger partial charge in [-0.05, 0) is 18.2 Å². The maximum Gasteiger partial charge on any atom is 0.249 e. The Hall–Kier alpha value is -2.52. The average molecular weight is 287 g/mol. The molecule has 0 unspecified atom stereocenters. The van der Waals surface area contributed by atoms with Crippen LogP contribution in [0.4, 0.5) is 5.69 Å². The molecule has 102 valence electrons. The monoisotopic (exact) mass is 287 g/mol. The van der Waals surface area contributed by atoms with Crippen LogP contribution in [0.2, 0.25) is 0 Å². The van der Waals surface area contributed by atoms with Crippen LogP contribution in [0, 0.1) is 11.3 Å². The number of hydrogen-bond acceptors (Lipinski definition) is 5. The van der Waals surface area contributed by atoms with Crippen molar-refractivity contribution in [2.24, 2.45) is 5.73 Å². The van der Waals surface area contributed by atoms with E-state index in [4.69, 9.17) is 15.7 Å². The van der Waals surface area contributed by atoms with E-state index in [9.17, 15) is 4.79 Å². The molecule has 0 bridgehead atoms. The van der Waals surface area contributed by atoms with Gasteiger partial charge >= 0.3 is 0 Å². The van der Waals surface area contributed by atoms with Crippen LogP contribution in [-0.4, -0.2) is 13.0 Å². The summed E-state index contributed by atoms with van der Waals surface area (Å²) in [6, 6.07) is 9.00. The van der Waals surface area contributed by atoms with Crippen molar-refractivity contribution in [1.82, 2.24) is 0 Å². The summed E-state index contributed by atoms with van der Waals surface area (Å²) in [5.74, 6) is 0.180. The van der Waals surface area contributed by atoms with Crippen LogP contribution >= 0.6 is 11.3 Å². The Labute approximate surface area is 120 Å². The van der Waals surface area contributed by atoms with Gasteiger partial charge in [0.2, 0.25) is 5.91 Å². The number of primary amides is 1. The molecular weight excluding hydrogens is 274 g/mol. The first kappa shape index (κ1) is 13.9. The number of carbonyl (C=O) groups excluding carboxylic acids is 1. The van der Waals surface area contributed by atoms with E-state index in [1.165, 1.54) is 11.3 Å². The maximum atomic E-state index is 11.0. The van der Waals surface area contributed by atoms with Crippen LogP contribution < -0.4 is 15.8 Å². The second kappa shape index (κ2) is 6.08. The molecule has 0 radical (unpaired) electrons. The highest BCUT2D eigenvalue weighted by Crippen LogP contribution is 2.26. The summed E-state index contributed by atoms with van der Waals surface area (Å²) in [6.07, 6.45) is 0. The van der Waals surface area contributed by atoms with Gasteiger partial charge in [0.05, 0.1) is 30.0 Å². The largest absolute Gasteiger partial charge is 0.495 e. The molecule has 0 aliphatic carbocycles. The first-order valence-electron chi connectivity index (χ1n) is 5.83. The number of hydrogen-bond donors (Lipinski definition) is 2. The minimum absolute atomic E-state index is 0.427. The van der Waals surface area contributed by atoms with E-state index in [1.54, 1.807) is 36.8 Å². The van der Waals surface area contributed by atoms with Gasteiger partial charge < -0.3 is 15.8 Å². The molecule has 20 heavy (non-hydrogen) atoms. The van der Waals surface area contributed by atoms with Crippen molar-refractivity contribution in [3.05, 3.63) is 45.6 Å². The van der Waals surface area contributed by atoms with Gasteiger partial charge in [-0.3, -0.25) is 4.79 Å². The van der Waals surface area contributed by atoms with Gasteiger partial charge in [0.15, 0.2) is 0 Å². The van der Waals surface area contributed by atoms with Gasteiger partial charge in [0.1, 0.15) is 5.75 Å². The average Bonchev–Trinajstić information content (AvgIpc) is 2.94. The lowest BCUT2D eigenvalue weighted by molar-refractivity contribution is 0.100. The summed E-state index contributed by atoms with van der Waals surface area (Å²) in [7, 11) is 1.55. The Kier molecular flexibility index (Phi) is 4.23. The minimum atomic E-state index is -0.427. The van der Waals surface area contributed by atoms with Gasteiger partial charge in [-0.15, -0.1) is 11.3 Å². The van der Waals surface area contributed by atoms with Crippen LogP contribution in [0.15, 0.2) is 29.6 Å². The Bertz CT molecular complexity index is 673. The Balaban J connectivity index is 2.10. The van der Waals surface area contributed by atoms with Crippen LogP contribution in [0.25, 0.3) is 0 Å². The molecule has 5 nitrogen and oxygen atoms in total. The highest BCUT2D eigenvalue weighted by Gasteiger charge is 2.07. The van der Waals surface area contributed by atoms with E-state index in [0.29, 0.717) is 23.4 Å². The highest BCUT2D eigenvalue weighted by atomic mass is 32.1. The fourth-order valence-corrected chi connectivity index (χ4v) is 2.50. The zero-order valence-electron chi connectivity index (χ0n) is 10.8. The number of thiophene rings is 1. The number of nitrogens with two attached hydrogens (primary N) is 1. The van der Waals surface area contributed by atoms with Crippen molar-refractivity contribution in [1.29, 1.82) is 5.26 Å². The Morgan fingerprint density at radius 3 is 2.90 bits per heavy atom. The number of ether oxygens (including phenoxy) is 1. The quantitative estimate of drug-likeness (QED) is 0.883. The lowest BCUT2D eigenvalue weighted by atomic mass is 10.2. The molecule has 1 aromatic heterocycles. The van der Waals surface area contributed by atoms with Gasteiger partial charge in [0, 0.05) is 22.9 Å². The van der Waals surface area contributed by atoms with Crippen LogP contribution in [0.5, 0.6) is 5.75 Å². The molecule has 3 N–H and O–H groups in total. The lowest BCUT2D eigenvalue weighted by Crippen LogP contribution is -2.09. The third-order valence-electron chi connectivity index (χ3n) is 2.72. The molecule has 2 aromatic rings. The lowest BCUT2D eigenvalue weighted by Gasteiger charge is -2.10. The number of amides is 1. The summed E-state index contributed by atoms with van der Waals surface area (Å²) in [6.45, 7) is 0.556. The highest BCUT2D eigenvalue weighted by molar-refractivity contribution is 7.10. The van der Waals surface area contributed by atoms with Crippen LogP contribution in [-0.2, 0) is 6.54 Å². The fraction of sp³-hybridized carbons (Fsp3) is 0.143. The summed E-state index contributed by atoms with van der Waals surface area (Å²) < 4.78 is 5.24. The number of nitrogens with zero attached hydrogens (tertiary/aromatic N) is 1. The third-order valence-corrected chi connectivity index (χ3v) is 3.66. The van der Waals surface area contributed by atoms with Gasteiger partial charge in [-0.1, -0.05) is 0 Å². The van der Waals surface area contributed by atoms with E-state index in [1.807, 2.05) is 0 Å². The number of methoxy groups -OCH3 is 1. The summed E-state index contributed by atoms with van der Waals surface area (Å²) in [5, 5.41) is 13.8. The molecule has 0 saturated carbocycles. The molecule has 0 aliphatic heterocycles. The normalized spacial score (nSPS) is 9.80. The second-order valence-corrected chi connectivity index (χ2v) is 5.04. The maximum absolute atomic E-state index is 11.0. The van der Waals surface area contributed by atoms with Crippen LogP contribution in [0.3, 0.4) is 0 Å². The Morgan fingerprint density at radius 2 is 2.30 bits per heavy atom. The predicted molar refractivity (Wildman–Crippen MR) is 77.9 cm³/mol. The van der Waals surface area contributed by atoms with Gasteiger partial charge in [-0.2, -0.15) is 5.26 Å². The first-order chi connectivity index (χ1) is 9.63. The SMILES string of the molecule is COc1cc(C#N)ccc1NCc1cc(C(N)=O)cs1. The van der Waals surface area contributed by atoms with Crippen molar-refractivity contribution < 1.29 is 9.53 Å². The molecule has 1 heterocycles. The van der Waals surface area contributed by atoms with E-state index in [2.05, 4.69) is 11.4 Å². The number of nitrogens with one attached hydrogen (secondary N) is 1. The summed E-state index contributed by atoms with van der Waals surface area (Å²) in [4.78, 5) is 12.0. The smallest absolute Gasteiger partial charge is 0.249 e. The molecule has 2 rings (SSSR count). The van der Waals surface area contributed by atoms with E-state index >= 15 is 0 Å². The molecule has 0 fully saturated rings. The van der Waals surface area contributed by atoms with Crippen molar-refractivity contribution in [2.45, 2.75) is 6.54 Å². The summed E-state index contributed by atoms with van der Waals surface area (Å²) >= 11 is 1.46. The fourth-order valence-electron chi connectivity index (χ4n) is 1.69. The molecule has 1 aromatic carbocycles. The van der Waals surface area contributed by atoms with Crippen molar-refractivity contribution >= 4 is 22.9 Å². The standard InChI is InChI=1S/C14H13N3O2S/c1-19-13-4-9(6-15)2-3-12(13)17-7-11-5-10(8-20-11)14(16)18/h2-5,8,17H,7H2,1H3,(H2,16,18). The zero-order valence-corrected chi connectivity index (χ0v) is 11.7. The molecule has 0 saturated heterocycles. The third kappa shape index (κ3) is 3.08. The molecule has 6 heteroatoms. The zero-order chi connectivity index (χ0) is 14.5. The number of benzene rings is 1. The Morgan fingerprint density at radius 1 is 1.50 bits per heavy atom. The van der Waals surface area contributed by atoms with Gasteiger partial charge in [-0.25, -0.2) is 0 Å². The van der Waals surface area contributed by atoms with E-state index < -0.39 is 5.91 Å². The second-order valence-electron chi connectivity index (χ2n) is 4.05. The topological polar surface area (TPSA) is 88.1 Å². The van der Waals surface area contributed by atoms with Crippen molar-refractivity contribution in [2.75, 3.05) is 12.4 Å². The molecule has 0 atom stereocenters. The van der Waals surface area contributed by atoms with Crippen LogP contribution in [0.1, 0.15) is 20.8 Å².